The average molecular weight is 510 g/mol. The molecule has 0 bridgehead atoms. The van der Waals surface area contributed by atoms with Crippen LogP contribution in [0.1, 0.15) is 51.9 Å². The Morgan fingerprint density at radius 3 is 2.61 bits per heavy atom. The van der Waals surface area contributed by atoms with Gasteiger partial charge in [0.15, 0.2) is 5.96 Å². The van der Waals surface area contributed by atoms with Gasteiger partial charge in [0, 0.05) is 47.0 Å². The summed E-state index contributed by atoms with van der Waals surface area (Å²) in [5.41, 5.74) is 0.271. The number of rotatable bonds is 10. The minimum absolute atomic E-state index is 0. The molecule has 1 atom stereocenters. The maximum atomic E-state index is 11.9. The van der Waals surface area contributed by atoms with Crippen molar-refractivity contribution in [1.82, 2.24) is 15.5 Å². The van der Waals surface area contributed by atoms with Crippen LogP contribution in [-0.2, 0) is 14.3 Å². The van der Waals surface area contributed by atoms with Crippen molar-refractivity contribution in [2.24, 2.45) is 10.4 Å². The van der Waals surface area contributed by atoms with Crippen LogP contribution in [0.15, 0.2) is 4.99 Å². The van der Waals surface area contributed by atoms with Crippen molar-refractivity contribution in [3.05, 3.63) is 0 Å². The Hall–Kier alpha value is -0.610. The number of amides is 1. The first kappa shape index (κ1) is 25.4. The number of likely N-dealkylation sites (N-methyl/N-ethyl adjacent to an activating group) is 1. The second kappa shape index (κ2) is 13.6. The van der Waals surface area contributed by atoms with Gasteiger partial charge in [-0.1, -0.05) is 12.8 Å². The Morgan fingerprint density at radius 1 is 1.25 bits per heavy atom. The fourth-order valence-electron chi connectivity index (χ4n) is 3.82. The number of nitrogens with zero attached hydrogens (tertiary/aromatic N) is 2. The zero-order chi connectivity index (χ0) is 19.5. The molecule has 1 aliphatic heterocycles. The summed E-state index contributed by atoms with van der Waals surface area (Å²) in [6.07, 6.45) is 8.52. The van der Waals surface area contributed by atoms with Crippen LogP contribution in [0.5, 0.6) is 0 Å². The zero-order valence-corrected chi connectivity index (χ0v) is 20.1. The fraction of sp³-hybridized carbons (Fsp3) is 0.900. The Labute approximate surface area is 187 Å². The lowest BCUT2D eigenvalue weighted by Crippen LogP contribution is -2.46. The lowest BCUT2D eigenvalue weighted by molar-refractivity contribution is -0.127. The maximum absolute atomic E-state index is 11.9. The summed E-state index contributed by atoms with van der Waals surface area (Å²) in [5, 5.41) is 6.88. The van der Waals surface area contributed by atoms with Crippen molar-refractivity contribution in [2.45, 2.75) is 58.0 Å². The third-order valence-electron chi connectivity index (χ3n) is 5.67. The van der Waals surface area contributed by atoms with Gasteiger partial charge < -0.3 is 25.0 Å². The summed E-state index contributed by atoms with van der Waals surface area (Å²) in [4.78, 5) is 18.0. The van der Waals surface area contributed by atoms with Crippen molar-refractivity contribution < 1.29 is 14.3 Å². The van der Waals surface area contributed by atoms with E-state index in [1.54, 1.807) is 19.0 Å². The van der Waals surface area contributed by atoms with Crippen LogP contribution in [0.2, 0.25) is 0 Å². The first-order valence-corrected chi connectivity index (χ1v) is 10.5. The molecule has 8 heteroatoms. The maximum Gasteiger partial charge on any atom is 0.243 e. The third-order valence-corrected chi connectivity index (χ3v) is 5.67. The molecule has 1 saturated heterocycles. The van der Waals surface area contributed by atoms with E-state index in [-0.39, 0.29) is 47.9 Å². The molecule has 0 aromatic carbocycles. The highest BCUT2D eigenvalue weighted by Gasteiger charge is 2.33. The van der Waals surface area contributed by atoms with E-state index in [1.807, 2.05) is 6.92 Å². The second-order valence-corrected chi connectivity index (χ2v) is 7.98. The molecular formula is C20H39IN4O3. The number of carbonyl (C=O) groups is 1. The molecule has 1 heterocycles. The molecule has 1 amide bonds. The molecule has 2 fully saturated rings. The standard InChI is InChI=1S/C20H38N4O3.HI/c1-4-26-13-11-20(9-5-6-10-20)16-23-19(22-15-18(25)24(2)3)21-14-17-8-7-12-27-17;/h17H,4-16H2,1-3H3,(H2,21,22,23);1H. The first-order chi connectivity index (χ1) is 13.0. The quantitative estimate of drug-likeness (QED) is 0.204. The lowest BCUT2D eigenvalue weighted by atomic mass is 9.83. The number of ether oxygens (including phenoxy) is 2. The van der Waals surface area contributed by atoms with Gasteiger partial charge in [0.05, 0.1) is 6.10 Å². The molecule has 1 saturated carbocycles. The molecule has 1 unspecified atom stereocenters. The molecule has 0 radical (unpaired) electrons. The highest BCUT2D eigenvalue weighted by Crippen LogP contribution is 2.40. The van der Waals surface area contributed by atoms with Gasteiger partial charge >= 0.3 is 0 Å². The molecule has 2 aliphatic rings. The van der Waals surface area contributed by atoms with E-state index in [0.717, 1.165) is 52.2 Å². The molecule has 0 aromatic heterocycles. The molecular weight excluding hydrogens is 471 g/mol. The number of hydrogen-bond acceptors (Lipinski definition) is 4. The minimum Gasteiger partial charge on any atom is -0.382 e. The first-order valence-electron chi connectivity index (χ1n) is 10.5. The smallest absolute Gasteiger partial charge is 0.243 e. The van der Waals surface area contributed by atoms with E-state index in [9.17, 15) is 4.79 Å². The summed E-state index contributed by atoms with van der Waals surface area (Å²) in [6.45, 7) is 6.22. The fourth-order valence-corrected chi connectivity index (χ4v) is 3.82. The Balaban J connectivity index is 0.00000392. The number of carbonyl (C=O) groups excluding carboxylic acids is 1. The molecule has 7 nitrogen and oxygen atoms in total. The molecule has 0 aromatic rings. The zero-order valence-electron chi connectivity index (χ0n) is 17.8. The minimum atomic E-state index is 0. The van der Waals surface area contributed by atoms with Crippen LogP contribution < -0.4 is 10.6 Å². The van der Waals surface area contributed by atoms with Crippen LogP contribution in [0.25, 0.3) is 0 Å². The molecule has 164 valence electrons. The van der Waals surface area contributed by atoms with Gasteiger partial charge in [-0.15, -0.1) is 24.0 Å². The van der Waals surface area contributed by atoms with Gasteiger partial charge in [0.2, 0.25) is 5.91 Å². The van der Waals surface area contributed by atoms with Gasteiger partial charge in [0.25, 0.3) is 0 Å². The van der Waals surface area contributed by atoms with Crippen LogP contribution in [0.3, 0.4) is 0 Å². The second-order valence-electron chi connectivity index (χ2n) is 7.98. The summed E-state index contributed by atoms with van der Waals surface area (Å²) in [7, 11) is 3.51. The summed E-state index contributed by atoms with van der Waals surface area (Å²) in [6, 6.07) is 0. The molecule has 28 heavy (non-hydrogen) atoms. The predicted molar refractivity (Wildman–Crippen MR) is 123 cm³/mol. The Kier molecular flexibility index (Phi) is 12.3. The van der Waals surface area contributed by atoms with Crippen molar-refractivity contribution in [3.63, 3.8) is 0 Å². The van der Waals surface area contributed by atoms with Gasteiger partial charge in [-0.2, -0.15) is 0 Å². The van der Waals surface area contributed by atoms with Crippen LogP contribution in [-0.4, -0.2) is 76.4 Å². The van der Waals surface area contributed by atoms with Crippen molar-refractivity contribution in [2.75, 3.05) is 53.6 Å². The summed E-state index contributed by atoms with van der Waals surface area (Å²) in [5.74, 6) is 0.712. The number of nitrogens with one attached hydrogen (secondary N) is 2. The highest BCUT2D eigenvalue weighted by molar-refractivity contribution is 14.0. The summed E-state index contributed by atoms with van der Waals surface area (Å²) < 4.78 is 11.3. The topological polar surface area (TPSA) is 75.2 Å². The van der Waals surface area contributed by atoms with E-state index in [1.165, 1.54) is 25.7 Å². The van der Waals surface area contributed by atoms with E-state index in [0.29, 0.717) is 5.96 Å². The molecule has 2 N–H and O–H groups in total. The van der Waals surface area contributed by atoms with Crippen molar-refractivity contribution >= 4 is 35.8 Å². The number of guanidine groups is 1. The Morgan fingerprint density at radius 2 is 2.00 bits per heavy atom. The average Bonchev–Trinajstić information content (AvgIpc) is 3.33. The van der Waals surface area contributed by atoms with E-state index in [2.05, 4.69) is 15.6 Å². The van der Waals surface area contributed by atoms with Crippen LogP contribution in [0.4, 0.5) is 0 Å². The van der Waals surface area contributed by atoms with Gasteiger partial charge in [-0.3, -0.25) is 4.79 Å². The SMILES string of the molecule is CCOCCC1(CNC(=NCC(=O)N(C)C)NCC2CCCO2)CCCC1.I. The number of halogens is 1. The number of aliphatic imine (C=N–C) groups is 1. The van der Waals surface area contributed by atoms with Crippen LogP contribution >= 0.6 is 24.0 Å². The van der Waals surface area contributed by atoms with E-state index in [4.69, 9.17) is 9.47 Å². The van der Waals surface area contributed by atoms with Gasteiger partial charge in [0.1, 0.15) is 6.54 Å². The normalized spacial score (nSPS) is 21.2. The van der Waals surface area contributed by atoms with E-state index < -0.39 is 0 Å². The van der Waals surface area contributed by atoms with E-state index >= 15 is 0 Å². The Bertz CT molecular complexity index is 476. The molecule has 2 rings (SSSR count). The monoisotopic (exact) mass is 510 g/mol. The molecule has 1 aliphatic carbocycles. The van der Waals surface area contributed by atoms with Gasteiger partial charge in [-0.25, -0.2) is 4.99 Å². The van der Waals surface area contributed by atoms with Crippen molar-refractivity contribution in [3.8, 4) is 0 Å². The molecule has 0 spiro atoms. The third kappa shape index (κ3) is 8.82. The summed E-state index contributed by atoms with van der Waals surface area (Å²) >= 11 is 0. The van der Waals surface area contributed by atoms with Crippen molar-refractivity contribution in [1.29, 1.82) is 0 Å². The number of hydrogen-bond donors (Lipinski definition) is 2. The van der Waals surface area contributed by atoms with Crippen LogP contribution in [0, 0.1) is 5.41 Å². The van der Waals surface area contributed by atoms with Gasteiger partial charge in [-0.05, 0) is 44.4 Å². The lowest BCUT2D eigenvalue weighted by Gasteiger charge is -2.30. The predicted octanol–water partition coefficient (Wildman–Crippen LogP) is 2.39. The largest absolute Gasteiger partial charge is 0.382 e. The highest BCUT2D eigenvalue weighted by atomic mass is 127.